The van der Waals surface area contributed by atoms with Crippen LogP contribution in [-0.2, 0) is 19.0 Å². The number of hydrogen-bond donors (Lipinski definition) is 0. The summed E-state index contributed by atoms with van der Waals surface area (Å²) in [5.41, 5.74) is -0.436. The molecule has 4 heteroatoms. The monoisotopic (exact) mass is 320 g/mol. The molecule has 0 aromatic heterocycles. The molecule has 2 aliphatic heterocycles. The van der Waals surface area contributed by atoms with Gasteiger partial charge in [-0.2, -0.15) is 0 Å². The van der Waals surface area contributed by atoms with Crippen LogP contribution in [0.25, 0.3) is 0 Å². The third kappa shape index (κ3) is 2.37. The van der Waals surface area contributed by atoms with Gasteiger partial charge in [0.2, 0.25) is 0 Å². The zero-order valence-corrected chi connectivity index (χ0v) is 14.7. The first-order valence-corrected chi connectivity index (χ1v) is 8.29. The minimum Gasteiger partial charge on any atom is -0.505 e. The van der Waals surface area contributed by atoms with Gasteiger partial charge in [0.15, 0.2) is 6.10 Å². The van der Waals surface area contributed by atoms with Gasteiger partial charge in [0.25, 0.3) is 0 Å². The Bertz CT molecular complexity index is 511. The lowest BCUT2D eigenvalue weighted by Crippen LogP contribution is -2.61. The number of methoxy groups -OCH3 is 1. The van der Waals surface area contributed by atoms with Crippen molar-refractivity contribution >= 4 is 5.97 Å². The SMILES string of the molecule is C#C.CO/C=C\C(C)C1OC(=O)C2OC23C(C)C(C)CCC13C. The normalized spacial score (nSPS) is 45.8. The van der Waals surface area contributed by atoms with Gasteiger partial charge in [-0.3, -0.25) is 0 Å². The molecular weight excluding hydrogens is 292 g/mol. The Hall–Kier alpha value is -1.47. The van der Waals surface area contributed by atoms with Crippen molar-refractivity contribution in [3.63, 3.8) is 0 Å². The molecule has 0 aromatic rings. The Morgan fingerprint density at radius 1 is 1.39 bits per heavy atom. The number of hydrogen-bond acceptors (Lipinski definition) is 4. The van der Waals surface area contributed by atoms with E-state index in [1.165, 1.54) is 0 Å². The third-order valence-electron chi connectivity index (χ3n) is 6.27. The molecule has 0 aromatic carbocycles. The van der Waals surface area contributed by atoms with Crippen LogP contribution in [0.4, 0.5) is 0 Å². The largest absolute Gasteiger partial charge is 0.505 e. The van der Waals surface area contributed by atoms with E-state index in [2.05, 4.69) is 40.5 Å². The van der Waals surface area contributed by atoms with E-state index in [9.17, 15) is 4.79 Å². The topological polar surface area (TPSA) is 48.1 Å². The van der Waals surface area contributed by atoms with Gasteiger partial charge in [-0.15, -0.1) is 12.8 Å². The lowest BCUT2D eigenvalue weighted by Gasteiger charge is -2.52. The summed E-state index contributed by atoms with van der Waals surface area (Å²) in [7, 11) is 1.63. The van der Waals surface area contributed by atoms with Crippen LogP contribution >= 0.6 is 0 Å². The predicted molar refractivity (Wildman–Crippen MR) is 88.4 cm³/mol. The highest BCUT2D eigenvalue weighted by Gasteiger charge is 2.79. The van der Waals surface area contributed by atoms with Crippen LogP contribution in [0.1, 0.15) is 40.5 Å². The maximum atomic E-state index is 12.3. The molecule has 0 bridgehead atoms. The summed E-state index contributed by atoms with van der Waals surface area (Å²) in [6.07, 6.45) is 13.3. The van der Waals surface area contributed by atoms with Crippen LogP contribution in [-0.4, -0.2) is 30.9 Å². The van der Waals surface area contributed by atoms with Gasteiger partial charge in [-0.05, 0) is 30.8 Å². The Morgan fingerprint density at radius 3 is 2.65 bits per heavy atom. The number of cyclic esters (lactones) is 1. The van der Waals surface area contributed by atoms with E-state index in [4.69, 9.17) is 14.2 Å². The number of rotatable bonds is 3. The quantitative estimate of drug-likeness (QED) is 0.347. The molecule has 4 nitrogen and oxygen atoms in total. The molecule has 3 rings (SSSR count). The summed E-state index contributed by atoms with van der Waals surface area (Å²) < 4.78 is 16.8. The average molecular weight is 320 g/mol. The first-order valence-electron chi connectivity index (χ1n) is 8.29. The number of terminal acetylenes is 1. The zero-order valence-electron chi connectivity index (χ0n) is 14.7. The Morgan fingerprint density at radius 2 is 2.04 bits per heavy atom. The van der Waals surface area contributed by atoms with Gasteiger partial charge in [0.05, 0.1) is 13.4 Å². The molecule has 0 radical (unpaired) electrons. The molecule has 3 fully saturated rings. The number of ether oxygens (including phenoxy) is 3. The molecular formula is C19H28O4. The molecule has 1 aliphatic carbocycles. The van der Waals surface area contributed by atoms with E-state index in [-0.39, 0.29) is 35.1 Å². The first-order chi connectivity index (χ1) is 10.9. The van der Waals surface area contributed by atoms with Crippen molar-refractivity contribution in [1.82, 2.24) is 0 Å². The number of carbonyl (C=O) groups is 1. The molecule has 7 atom stereocenters. The maximum absolute atomic E-state index is 12.3. The van der Waals surface area contributed by atoms with Crippen LogP contribution in [0.5, 0.6) is 0 Å². The van der Waals surface area contributed by atoms with E-state index in [1.54, 1.807) is 13.4 Å². The van der Waals surface area contributed by atoms with Gasteiger partial charge < -0.3 is 14.2 Å². The van der Waals surface area contributed by atoms with Crippen molar-refractivity contribution in [2.45, 2.75) is 58.3 Å². The van der Waals surface area contributed by atoms with Crippen molar-refractivity contribution in [2.24, 2.45) is 23.2 Å². The second kappa shape index (κ2) is 6.20. The van der Waals surface area contributed by atoms with Crippen molar-refractivity contribution in [3.8, 4) is 12.8 Å². The molecule has 1 spiro atoms. The van der Waals surface area contributed by atoms with Crippen molar-refractivity contribution in [3.05, 3.63) is 12.3 Å². The minimum absolute atomic E-state index is 0.113. The van der Waals surface area contributed by atoms with Crippen LogP contribution < -0.4 is 0 Å². The second-order valence-electron chi connectivity index (χ2n) is 7.29. The lowest BCUT2D eigenvalue weighted by molar-refractivity contribution is -0.178. The third-order valence-corrected chi connectivity index (χ3v) is 6.27. The maximum Gasteiger partial charge on any atom is 0.338 e. The van der Waals surface area contributed by atoms with Crippen molar-refractivity contribution < 1.29 is 19.0 Å². The summed E-state index contributed by atoms with van der Waals surface area (Å²) in [5, 5.41) is 0. The fourth-order valence-electron chi connectivity index (χ4n) is 4.75. The van der Waals surface area contributed by atoms with Crippen molar-refractivity contribution in [2.75, 3.05) is 7.11 Å². The number of carbonyl (C=O) groups excluding carboxylic acids is 1. The lowest BCUT2D eigenvalue weighted by atomic mass is 9.53. The van der Waals surface area contributed by atoms with Crippen LogP contribution in [0, 0.1) is 36.0 Å². The van der Waals surface area contributed by atoms with Crippen LogP contribution in [0.15, 0.2) is 12.3 Å². The summed E-state index contributed by atoms with van der Waals surface area (Å²) in [5.74, 6) is 0.896. The zero-order chi connectivity index (χ0) is 17.4. The van der Waals surface area contributed by atoms with Gasteiger partial charge in [-0.1, -0.05) is 27.7 Å². The smallest absolute Gasteiger partial charge is 0.338 e. The Labute approximate surface area is 139 Å². The van der Waals surface area contributed by atoms with Gasteiger partial charge in [-0.25, -0.2) is 4.79 Å². The van der Waals surface area contributed by atoms with Crippen molar-refractivity contribution in [1.29, 1.82) is 0 Å². The molecule has 7 unspecified atom stereocenters. The minimum atomic E-state index is -0.352. The Kier molecular flexibility index (Phi) is 4.82. The summed E-state index contributed by atoms with van der Waals surface area (Å²) >= 11 is 0. The number of epoxide rings is 1. The average Bonchev–Trinajstić information content (AvgIpc) is 3.32. The van der Waals surface area contributed by atoms with Crippen LogP contribution in [0.3, 0.4) is 0 Å². The predicted octanol–water partition coefficient (Wildman–Crippen LogP) is 3.17. The second-order valence-corrected chi connectivity index (χ2v) is 7.29. The molecule has 0 N–H and O–H groups in total. The van der Waals surface area contributed by atoms with Gasteiger partial charge in [0.1, 0.15) is 11.7 Å². The molecule has 2 saturated heterocycles. The highest BCUT2D eigenvalue weighted by molar-refractivity contribution is 5.81. The van der Waals surface area contributed by atoms with E-state index in [0.29, 0.717) is 11.8 Å². The summed E-state index contributed by atoms with van der Waals surface area (Å²) in [6, 6.07) is 0. The molecule has 0 amide bonds. The van der Waals surface area contributed by atoms with Gasteiger partial charge >= 0.3 is 5.97 Å². The van der Waals surface area contributed by atoms with E-state index in [0.717, 1.165) is 12.8 Å². The highest BCUT2D eigenvalue weighted by atomic mass is 16.7. The summed E-state index contributed by atoms with van der Waals surface area (Å²) in [4.78, 5) is 12.3. The van der Waals surface area contributed by atoms with Gasteiger partial charge in [0, 0.05) is 11.3 Å². The van der Waals surface area contributed by atoms with Crippen LogP contribution in [0.2, 0.25) is 0 Å². The highest BCUT2D eigenvalue weighted by Crippen LogP contribution is 2.67. The fraction of sp³-hybridized carbons (Fsp3) is 0.737. The molecule has 128 valence electrons. The number of esters is 1. The standard InChI is InChI=1S/C17H26O4.C2H2/c1-10-6-8-16(4)13(11(2)7-9-19-5)20-15(18)14-17(16,21-14)12(10)3;1-2/h7,9-14H,6,8H2,1-5H3;1-2H/b9-7-;. The molecule has 23 heavy (non-hydrogen) atoms. The molecule has 3 aliphatic rings. The molecule has 1 saturated carbocycles. The van der Waals surface area contributed by atoms with E-state index >= 15 is 0 Å². The Balaban J connectivity index is 0.000000924. The fourth-order valence-corrected chi connectivity index (χ4v) is 4.75. The molecule has 2 heterocycles. The van der Waals surface area contributed by atoms with E-state index in [1.807, 2.05) is 6.08 Å². The van der Waals surface area contributed by atoms with E-state index < -0.39 is 0 Å². The summed E-state index contributed by atoms with van der Waals surface area (Å²) in [6.45, 7) is 8.82. The first kappa shape index (κ1) is 17.9.